The largest absolute Gasteiger partial charge is 0.325 e. The molecule has 2 fully saturated rings. The van der Waals surface area contributed by atoms with E-state index < -0.39 is 11.6 Å². The second kappa shape index (κ2) is 6.79. The molecular formula is C23H21N3O4. The van der Waals surface area contributed by atoms with E-state index in [0.717, 1.165) is 22.4 Å². The summed E-state index contributed by atoms with van der Waals surface area (Å²) >= 11 is 0. The van der Waals surface area contributed by atoms with E-state index in [1.54, 1.807) is 29.2 Å². The molecule has 152 valence electrons. The fourth-order valence-electron chi connectivity index (χ4n) is 4.74. The molecule has 2 aromatic rings. The van der Waals surface area contributed by atoms with Gasteiger partial charge < -0.3 is 10.2 Å². The lowest BCUT2D eigenvalue weighted by molar-refractivity contribution is -0.131. The maximum atomic E-state index is 13.2. The van der Waals surface area contributed by atoms with E-state index in [-0.39, 0.29) is 24.1 Å². The van der Waals surface area contributed by atoms with Crippen molar-refractivity contribution in [1.82, 2.24) is 10.2 Å². The number of hydrogen-bond donors (Lipinski definition) is 1. The minimum Gasteiger partial charge on any atom is -0.319 e. The molecule has 1 N–H and O–H groups in total. The van der Waals surface area contributed by atoms with Gasteiger partial charge in [0.15, 0.2) is 5.78 Å². The van der Waals surface area contributed by atoms with Gasteiger partial charge in [-0.3, -0.25) is 19.3 Å². The van der Waals surface area contributed by atoms with Crippen molar-refractivity contribution in [3.63, 3.8) is 0 Å². The van der Waals surface area contributed by atoms with Crippen LogP contribution < -0.4 is 10.2 Å². The van der Waals surface area contributed by atoms with Crippen LogP contribution in [0.5, 0.6) is 0 Å². The molecule has 2 heterocycles. The Balaban J connectivity index is 1.38. The first-order valence-corrected chi connectivity index (χ1v) is 10.2. The molecule has 30 heavy (non-hydrogen) atoms. The Hall–Kier alpha value is -3.48. The molecule has 3 aliphatic rings. The zero-order valence-electron chi connectivity index (χ0n) is 16.4. The molecule has 0 unspecified atom stereocenters. The number of imide groups is 1. The number of carbonyl (C=O) groups excluding carboxylic acids is 4. The highest BCUT2D eigenvalue weighted by Gasteiger charge is 2.55. The Kier molecular flexibility index (Phi) is 4.20. The molecule has 5 rings (SSSR count). The molecule has 2 aliphatic heterocycles. The fourth-order valence-corrected chi connectivity index (χ4v) is 4.74. The monoisotopic (exact) mass is 403 g/mol. The molecule has 1 atom stereocenters. The predicted molar refractivity (Wildman–Crippen MR) is 109 cm³/mol. The molecule has 1 aliphatic carbocycles. The number of aryl methyl sites for hydroxylation is 1. The zero-order valence-corrected chi connectivity index (χ0v) is 16.4. The first kappa shape index (κ1) is 18.5. The third-order valence-corrected chi connectivity index (χ3v) is 6.28. The van der Waals surface area contributed by atoms with Gasteiger partial charge in [0.1, 0.15) is 5.54 Å². The van der Waals surface area contributed by atoms with Crippen LogP contribution in [0.15, 0.2) is 48.5 Å². The van der Waals surface area contributed by atoms with E-state index in [4.69, 9.17) is 0 Å². The normalized spacial score (nSPS) is 22.7. The summed E-state index contributed by atoms with van der Waals surface area (Å²) in [5.41, 5.74) is 1.83. The van der Waals surface area contributed by atoms with Gasteiger partial charge in [-0.1, -0.05) is 36.4 Å². The van der Waals surface area contributed by atoms with Crippen LogP contribution in [-0.4, -0.2) is 41.6 Å². The van der Waals surface area contributed by atoms with E-state index in [2.05, 4.69) is 5.32 Å². The van der Waals surface area contributed by atoms with Crippen molar-refractivity contribution in [2.24, 2.45) is 0 Å². The topological polar surface area (TPSA) is 86.8 Å². The molecule has 7 nitrogen and oxygen atoms in total. The lowest BCUT2D eigenvalue weighted by Gasteiger charge is -2.22. The van der Waals surface area contributed by atoms with E-state index in [0.29, 0.717) is 37.1 Å². The molecular weight excluding hydrogens is 382 g/mol. The van der Waals surface area contributed by atoms with Crippen molar-refractivity contribution in [3.8, 4) is 0 Å². The highest BCUT2D eigenvalue weighted by molar-refractivity contribution is 6.12. The van der Waals surface area contributed by atoms with Crippen LogP contribution in [0.3, 0.4) is 0 Å². The van der Waals surface area contributed by atoms with Crippen molar-refractivity contribution in [1.29, 1.82) is 0 Å². The zero-order chi connectivity index (χ0) is 20.9. The van der Waals surface area contributed by atoms with Crippen LogP contribution in [0.4, 0.5) is 10.5 Å². The molecule has 0 aromatic heterocycles. The Morgan fingerprint density at radius 1 is 1.03 bits per heavy atom. The summed E-state index contributed by atoms with van der Waals surface area (Å²) in [5, 5.41) is 2.84. The fraction of sp³-hybridized carbons (Fsp3) is 0.304. The number of anilines is 1. The van der Waals surface area contributed by atoms with Crippen LogP contribution in [0.2, 0.25) is 0 Å². The van der Waals surface area contributed by atoms with Crippen molar-refractivity contribution >= 4 is 29.3 Å². The van der Waals surface area contributed by atoms with Gasteiger partial charge >= 0.3 is 6.03 Å². The van der Waals surface area contributed by atoms with Crippen molar-refractivity contribution in [3.05, 3.63) is 65.2 Å². The van der Waals surface area contributed by atoms with Crippen LogP contribution in [0, 0.1) is 0 Å². The molecule has 2 saturated heterocycles. The number of ketones is 1. The van der Waals surface area contributed by atoms with E-state index >= 15 is 0 Å². The average molecular weight is 403 g/mol. The van der Waals surface area contributed by atoms with Gasteiger partial charge in [-0.15, -0.1) is 0 Å². The van der Waals surface area contributed by atoms with Gasteiger partial charge in [-0.25, -0.2) is 4.79 Å². The summed E-state index contributed by atoms with van der Waals surface area (Å²) in [4.78, 5) is 53.4. The van der Waals surface area contributed by atoms with Crippen LogP contribution >= 0.6 is 0 Å². The number of nitrogens with zero attached hydrogens (tertiary/aromatic N) is 2. The lowest BCUT2D eigenvalue weighted by Crippen LogP contribution is -2.42. The first-order chi connectivity index (χ1) is 14.5. The summed E-state index contributed by atoms with van der Waals surface area (Å²) in [6.45, 7) is 0.303. The standard InChI is InChI=1S/C23H21N3O4/c27-19(16-6-3-7-17(13-16)25-12-4-9-20(25)28)14-26-21(29)23(24-22(26)30)11-10-15-5-1-2-8-18(15)23/h1-3,5-8,13H,4,9-12,14H2,(H,24,30)/t23-/m1/s1. The van der Waals surface area contributed by atoms with E-state index in [1.165, 1.54) is 0 Å². The number of urea groups is 1. The van der Waals surface area contributed by atoms with Gasteiger partial charge in [0.25, 0.3) is 5.91 Å². The number of fused-ring (bicyclic) bond motifs is 2. The number of amides is 4. The lowest BCUT2D eigenvalue weighted by atomic mass is 9.92. The third-order valence-electron chi connectivity index (χ3n) is 6.28. The van der Waals surface area contributed by atoms with Gasteiger partial charge in [0.2, 0.25) is 5.91 Å². The van der Waals surface area contributed by atoms with Gasteiger partial charge in [0, 0.05) is 24.2 Å². The van der Waals surface area contributed by atoms with Crippen LogP contribution in [-0.2, 0) is 21.5 Å². The highest BCUT2D eigenvalue weighted by atomic mass is 16.2. The van der Waals surface area contributed by atoms with E-state index in [9.17, 15) is 19.2 Å². The molecule has 0 saturated carbocycles. The van der Waals surface area contributed by atoms with Crippen LogP contribution in [0.1, 0.15) is 40.7 Å². The number of Topliss-reactive ketones (excluding diaryl/α,β-unsaturated/α-hetero) is 1. The maximum absolute atomic E-state index is 13.2. The smallest absolute Gasteiger partial charge is 0.319 e. The second-order valence-corrected chi connectivity index (χ2v) is 8.01. The van der Waals surface area contributed by atoms with Crippen LogP contribution in [0.25, 0.3) is 0 Å². The minimum absolute atomic E-state index is 0.0375. The third kappa shape index (κ3) is 2.73. The summed E-state index contributed by atoms with van der Waals surface area (Å²) in [5.74, 6) is -0.678. The van der Waals surface area contributed by atoms with Crippen molar-refractivity contribution in [2.45, 2.75) is 31.2 Å². The second-order valence-electron chi connectivity index (χ2n) is 8.01. The number of benzene rings is 2. The Bertz CT molecular complexity index is 1100. The molecule has 0 bridgehead atoms. The molecule has 1 spiro atoms. The van der Waals surface area contributed by atoms with Gasteiger partial charge in [-0.2, -0.15) is 0 Å². The molecule has 7 heteroatoms. The van der Waals surface area contributed by atoms with E-state index in [1.807, 2.05) is 24.3 Å². The quantitative estimate of drug-likeness (QED) is 0.627. The van der Waals surface area contributed by atoms with Gasteiger partial charge in [-0.05, 0) is 42.5 Å². The predicted octanol–water partition coefficient (Wildman–Crippen LogP) is 2.39. The summed E-state index contributed by atoms with van der Waals surface area (Å²) in [7, 11) is 0. The van der Waals surface area contributed by atoms with Crippen molar-refractivity contribution in [2.75, 3.05) is 18.0 Å². The number of nitrogens with one attached hydrogen (secondary N) is 1. The summed E-state index contributed by atoms with van der Waals surface area (Å²) < 4.78 is 0. The molecule has 0 radical (unpaired) electrons. The first-order valence-electron chi connectivity index (χ1n) is 10.2. The molecule has 4 amide bonds. The maximum Gasteiger partial charge on any atom is 0.325 e. The Morgan fingerprint density at radius 3 is 2.67 bits per heavy atom. The van der Waals surface area contributed by atoms with Gasteiger partial charge in [0.05, 0.1) is 6.54 Å². The number of hydrogen-bond acceptors (Lipinski definition) is 4. The summed E-state index contributed by atoms with van der Waals surface area (Å²) in [6.07, 6.45) is 2.50. The number of carbonyl (C=O) groups is 4. The summed E-state index contributed by atoms with van der Waals surface area (Å²) in [6, 6.07) is 13.9. The highest BCUT2D eigenvalue weighted by Crippen LogP contribution is 2.41. The van der Waals surface area contributed by atoms with Crippen molar-refractivity contribution < 1.29 is 19.2 Å². The Labute approximate surface area is 173 Å². The Morgan fingerprint density at radius 2 is 1.87 bits per heavy atom. The number of rotatable bonds is 4. The minimum atomic E-state index is -1.07. The average Bonchev–Trinajstić information content (AvgIpc) is 3.42. The SMILES string of the molecule is O=C(CN1C(=O)N[C@@]2(CCc3ccccc32)C1=O)c1cccc(N2CCCC2=O)c1. The molecule has 2 aromatic carbocycles.